The molecule has 1 heterocycles. The number of carbonyl (C=O) groups is 2. The van der Waals surface area contributed by atoms with E-state index in [1.54, 1.807) is 12.1 Å². The van der Waals surface area contributed by atoms with Gasteiger partial charge in [0.05, 0.1) is 17.7 Å². The molecule has 0 aliphatic heterocycles. The smallest absolute Gasteiger partial charge is 0.336 e. The summed E-state index contributed by atoms with van der Waals surface area (Å²) in [5.41, 5.74) is 1.17. The number of nitrogens with zero attached hydrogens (tertiary/aromatic N) is 2. The number of fused-ring (bicyclic) bond motifs is 1. The first kappa shape index (κ1) is 18.8. The minimum atomic E-state index is -1.14. The van der Waals surface area contributed by atoms with Gasteiger partial charge in [0.2, 0.25) is 0 Å². The standard InChI is InChI=1S/C23H18N2O3S/c1-15-13-25(14-17-9-6-8-16-7-2-3-10-18(16)17)23(29-15)24-21(26)19-11-4-5-12-20(19)22(27)28/h2-13H,14H2,1H3,(H,27,28). The summed E-state index contributed by atoms with van der Waals surface area (Å²) in [5.74, 6) is -1.70. The number of aryl methyl sites for hydroxylation is 1. The highest BCUT2D eigenvalue weighted by Crippen LogP contribution is 2.19. The molecule has 1 amide bonds. The average Bonchev–Trinajstić information content (AvgIpc) is 3.06. The molecule has 0 unspecified atom stereocenters. The molecule has 1 aromatic heterocycles. The number of aromatic carboxylic acids is 1. The molecule has 6 heteroatoms. The predicted molar refractivity (Wildman–Crippen MR) is 113 cm³/mol. The highest BCUT2D eigenvalue weighted by Gasteiger charge is 2.15. The van der Waals surface area contributed by atoms with E-state index in [9.17, 15) is 14.7 Å². The van der Waals surface area contributed by atoms with Crippen molar-refractivity contribution in [1.82, 2.24) is 4.57 Å². The molecule has 4 rings (SSSR count). The first-order valence-electron chi connectivity index (χ1n) is 9.08. The van der Waals surface area contributed by atoms with E-state index >= 15 is 0 Å². The van der Waals surface area contributed by atoms with E-state index < -0.39 is 11.9 Å². The number of benzene rings is 3. The first-order chi connectivity index (χ1) is 14.0. The Labute approximate surface area is 171 Å². The average molecular weight is 402 g/mol. The SMILES string of the molecule is Cc1cn(Cc2cccc3ccccc23)c(=NC(=O)c2ccccc2C(=O)O)s1. The number of carbonyl (C=O) groups excluding carboxylic acids is 1. The van der Waals surface area contributed by atoms with Gasteiger partial charge in [-0.3, -0.25) is 4.79 Å². The molecule has 0 atom stereocenters. The molecule has 5 nitrogen and oxygen atoms in total. The highest BCUT2D eigenvalue weighted by molar-refractivity contribution is 7.09. The van der Waals surface area contributed by atoms with Crippen molar-refractivity contribution < 1.29 is 14.7 Å². The fourth-order valence-electron chi connectivity index (χ4n) is 3.32. The minimum Gasteiger partial charge on any atom is -0.478 e. The van der Waals surface area contributed by atoms with Gasteiger partial charge in [-0.25, -0.2) is 4.79 Å². The van der Waals surface area contributed by atoms with Crippen LogP contribution in [0.4, 0.5) is 0 Å². The van der Waals surface area contributed by atoms with Crippen LogP contribution in [0, 0.1) is 6.92 Å². The van der Waals surface area contributed by atoms with Crippen molar-refractivity contribution >= 4 is 34.0 Å². The van der Waals surface area contributed by atoms with Crippen molar-refractivity contribution in [3.8, 4) is 0 Å². The van der Waals surface area contributed by atoms with Crippen LogP contribution in [-0.4, -0.2) is 21.6 Å². The second kappa shape index (κ2) is 7.85. The maximum absolute atomic E-state index is 12.7. The molecule has 0 fully saturated rings. The lowest BCUT2D eigenvalue weighted by Crippen LogP contribution is -2.18. The summed E-state index contributed by atoms with van der Waals surface area (Å²) in [6.45, 7) is 2.53. The minimum absolute atomic E-state index is 0.0462. The van der Waals surface area contributed by atoms with E-state index in [2.05, 4.69) is 29.3 Å². The third kappa shape index (κ3) is 3.88. The molecule has 144 valence electrons. The molecular weight excluding hydrogens is 384 g/mol. The van der Waals surface area contributed by atoms with E-state index in [0.29, 0.717) is 11.3 Å². The number of aromatic nitrogens is 1. The summed E-state index contributed by atoms with van der Waals surface area (Å²) in [6, 6.07) is 20.4. The maximum Gasteiger partial charge on any atom is 0.336 e. The van der Waals surface area contributed by atoms with E-state index in [1.807, 2.05) is 35.9 Å². The third-order valence-electron chi connectivity index (χ3n) is 4.64. The number of hydrogen-bond acceptors (Lipinski definition) is 3. The van der Waals surface area contributed by atoms with Crippen molar-refractivity contribution in [1.29, 1.82) is 0 Å². The van der Waals surface area contributed by atoms with Gasteiger partial charge in [-0.15, -0.1) is 11.3 Å². The van der Waals surface area contributed by atoms with Crippen LogP contribution >= 0.6 is 11.3 Å². The molecule has 0 bridgehead atoms. The maximum atomic E-state index is 12.7. The fourth-order valence-corrected chi connectivity index (χ4v) is 4.15. The Hall–Kier alpha value is -3.51. The van der Waals surface area contributed by atoms with Gasteiger partial charge in [-0.2, -0.15) is 4.99 Å². The number of amides is 1. The molecular formula is C23H18N2O3S. The summed E-state index contributed by atoms with van der Waals surface area (Å²) in [7, 11) is 0. The molecule has 3 aromatic carbocycles. The van der Waals surface area contributed by atoms with Crippen LogP contribution in [0.3, 0.4) is 0 Å². The second-order valence-corrected chi connectivity index (χ2v) is 7.87. The molecule has 4 aromatic rings. The Balaban J connectivity index is 1.76. The zero-order chi connectivity index (χ0) is 20.4. The Bertz CT molecular complexity index is 1300. The largest absolute Gasteiger partial charge is 0.478 e. The molecule has 1 N–H and O–H groups in total. The van der Waals surface area contributed by atoms with Gasteiger partial charge in [0.25, 0.3) is 5.91 Å². The van der Waals surface area contributed by atoms with Gasteiger partial charge in [-0.05, 0) is 35.4 Å². The Morgan fingerprint density at radius 3 is 2.45 bits per heavy atom. The molecule has 0 aliphatic rings. The normalized spacial score (nSPS) is 11.7. The summed E-state index contributed by atoms with van der Waals surface area (Å²) in [5, 5.41) is 11.6. The summed E-state index contributed by atoms with van der Waals surface area (Å²) >= 11 is 1.40. The van der Waals surface area contributed by atoms with Crippen LogP contribution < -0.4 is 4.80 Å². The van der Waals surface area contributed by atoms with Crippen LogP contribution in [0.1, 0.15) is 31.2 Å². The van der Waals surface area contributed by atoms with Crippen molar-refractivity contribution in [3.63, 3.8) is 0 Å². The van der Waals surface area contributed by atoms with Gasteiger partial charge in [0, 0.05) is 11.1 Å². The van der Waals surface area contributed by atoms with Crippen molar-refractivity contribution in [3.05, 3.63) is 99.3 Å². The fraction of sp³-hybridized carbons (Fsp3) is 0.0870. The van der Waals surface area contributed by atoms with Crippen LogP contribution in [-0.2, 0) is 6.54 Å². The second-order valence-electron chi connectivity index (χ2n) is 6.66. The molecule has 0 spiro atoms. The van der Waals surface area contributed by atoms with Crippen molar-refractivity contribution in [2.75, 3.05) is 0 Å². The lowest BCUT2D eigenvalue weighted by molar-refractivity contribution is 0.0692. The van der Waals surface area contributed by atoms with Crippen LogP contribution in [0.15, 0.2) is 77.9 Å². The van der Waals surface area contributed by atoms with Crippen LogP contribution in [0.2, 0.25) is 0 Å². The van der Waals surface area contributed by atoms with Gasteiger partial charge in [0.1, 0.15) is 0 Å². The van der Waals surface area contributed by atoms with Crippen molar-refractivity contribution in [2.45, 2.75) is 13.5 Å². The van der Waals surface area contributed by atoms with Gasteiger partial charge in [-0.1, -0.05) is 54.6 Å². The predicted octanol–water partition coefficient (Wildman–Crippen LogP) is 4.50. The van der Waals surface area contributed by atoms with Crippen molar-refractivity contribution in [2.24, 2.45) is 4.99 Å². The summed E-state index contributed by atoms with van der Waals surface area (Å²) in [4.78, 5) is 30.0. The Morgan fingerprint density at radius 2 is 1.66 bits per heavy atom. The topological polar surface area (TPSA) is 71.7 Å². The number of carboxylic acid groups (broad SMARTS) is 1. The van der Waals surface area contributed by atoms with Crippen LogP contribution in [0.25, 0.3) is 10.8 Å². The number of carboxylic acids is 1. The zero-order valence-electron chi connectivity index (χ0n) is 15.7. The molecule has 0 saturated carbocycles. The van der Waals surface area contributed by atoms with E-state index in [1.165, 1.54) is 23.5 Å². The molecule has 29 heavy (non-hydrogen) atoms. The quantitative estimate of drug-likeness (QED) is 0.546. The van der Waals surface area contributed by atoms with Gasteiger partial charge < -0.3 is 9.67 Å². The number of hydrogen-bond donors (Lipinski definition) is 1. The third-order valence-corrected chi connectivity index (χ3v) is 5.58. The lowest BCUT2D eigenvalue weighted by atomic mass is 10.0. The van der Waals surface area contributed by atoms with Gasteiger partial charge >= 0.3 is 5.97 Å². The number of thiazole rings is 1. The zero-order valence-corrected chi connectivity index (χ0v) is 16.5. The monoisotopic (exact) mass is 402 g/mol. The molecule has 0 saturated heterocycles. The molecule has 0 radical (unpaired) electrons. The van der Waals surface area contributed by atoms with Crippen LogP contribution in [0.5, 0.6) is 0 Å². The van der Waals surface area contributed by atoms with Gasteiger partial charge in [0.15, 0.2) is 4.80 Å². The first-order valence-corrected chi connectivity index (χ1v) is 9.89. The summed E-state index contributed by atoms with van der Waals surface area (Å²) < 4.78 is 1.93. The highest BCUT2D eigenvalue weighted by atomic mass is 32.1. The number of rotatable bonds is 4. The Kier molecular flexibility index (Phi) is 5.10. The lowest BCUT2D eigenvalue weighted by Gasteiger charge is -2.08. The van der Waals surface area contributed by atoms with E-state index in [0.717, 1.165) is 21.2 Å². The summed E-state index contributed by atoms with van der Waals surface area (Å²) in [6.07, 6.45) is 1.96. The van der Waals surface area contributed by atoms with E-state index in [-0.39, 0.29) is 11.1 Å². The molecule has 0 aliphatic carbocycles. The van der Waals surface area contributed by atoms with E-state index in [4.69, 9.17) is 0 Å². The Morgan fingerprint density at radius 1 is 0.966 bits per heavy atom.